The molecule has 0 radical (unpaired) electrons. The highest BCUT2D eigenvalue weighted by atomic mass is 16.4. The number of benzene rings is 2. The van der Waals surface area contributed by atoms with Crippen molar-refractivity contribution >= 4 is 17.0 Å². The van der Waals surface area contributed by atoms with Crippen molar-refractivity contribution in [3.05, 3.63) is 42.0 Å². The molecule has 94 valence electrons. The first-order valence-corrected chi connectivity index (χ1v) is 5.53. The van der Waals surface area contributed by atoms with Crippen LogP contribution in [0.4, 0.5) is 0 Å². The second-order valence-corrected chi connectivity index (χ2v) is 4.03. The van der Waals surface area contributed by atoms with E-state index >= 15 is 0 Å². The number of hydrogen-bond donors (Lipinski definition) is 3. The summed E-state index contributed by atoms with van der Waals surface area (Å²) >= 11 is 0. The highest BCUT2D eigenvalue weighted by Gasteiger charge is 2.13. The molecule has 3 rings (SSSR count). The minimum atomic E-state index is -1.05. The second-order valence-electron chi connectivity index (χ2n) is 4.03. The zero-order valence-electron chi connectivity index (χ0n) is 9.66. The molecule has 2 aromatic carbocycles. The molecule has 3 N–H and O–H groups in total. The molecule has 1 heterocycles. The minimum Gasteiger partial charge on any atom is -0.507 e. The largest absolute Gasteiger partial charge is 0.507 e. The third kappa shape index (κ3) is 1.79. The topological polar surface area (TPSA) is 99.1 Å². The van der Waals surface area contributed by atoms with E-state index in [2.05, 4.69) is 15.4 Å². The number of para-hydroxylation sites is 1. The van der Waals surface area contributed by atoms with Crippen molar-refractivity contribution in [2.24, 2.45) is 0 Å². The Morgan fingerprint density at radius 2 is 1.95 bits per heavy atom. The summed E-state index contributed by atoms with van der Waals surface area (Å²) < 4.78 is 0. The summed E-state index contributed by atoms with van der Waals surface area (Å²) in [6.07, 6.45) is 0. The van der Waals surface area contributed by atoms with Crippen LogP contribution in [-0.4, -0.2) is 31.6 Å². The predicted octanol–water partition coefficient (Wildman–Crippen LogP) is 2.03. The zero-order chi connectivity index (χ0) is 13.4. The van der Waals surface area contributed by atoms with E-state index in [1.165, 1.54) is 18.2 Å². The van der Waals surface area contributed by atoms with Crippen LogP contribution in [0.3, 0.4) is 0 Å². The molecule has 19 heavy (non-hydrogen) atoms. The fourth-order valence-electron chi connectivity index (χ4n) is 1.97. The number of carbonyl (C=O) groups is 1. The number of carboxylic acids is 1. The maximum atomic E-state index is 11.0. The van der Waals surface area contributed by atoms with Crippen LogP contribution in [0.25, 0.3) is 22.2 Å². The number of hydrogen-bond acceptors (Lipinski definition) is 4. The number of carboxylic acid groups (broad SMARTS) is 1. The van der Waals surface area contributed by atoms with Crippen LogP contribution in [-0.2, 0) is 0 Å². The maximum Gasteiger partial charge on any atom is 0.335 e. The van der Waals surface area contributed by atoms with E-state index in [9.17, 15) is 9.90 Å². The van der Waals surface area contributed by atoms with E-state index in [0.29, 0.717) is 22.2 Å². The van der Waals surface area contributed by atoms with E-state index in [0.717, 1.165) is 0 Å². The van der Waals surface area contributed by atoms with Crippen LogP contribution < -0.4 is 0 Å². The molecule has 0 saturated heterocycles. The van der Waals surface area contributed by atoms with E-state index < -0.39 is 5.97 Å². The smallest absolute Gasteiger partial charge is 0.335 e. The molecule has 0 aliphatic carbocycles. The van der Waals surface area contributed by atoms with Crippen LogP contribution in [0, 0.1) is 0 Å². The average molecular weight is 255 g/mol. The summed E-state index contributed by atoms with van der Waals surface area (Å²) in [4.78, 5) is 11.0. The van der Waals surface area contributed by atoms with Crippen LogP contribution in [0.2, 0.25) is 0 Å². The molecule has 0 atom stereocenters. The fourth-order valence-corrected chi connectivity index (χ4v) is 1.97. The van der Waals surface area contributed by atoms with Crippen molar-refractivity contribution in [1.82, 2.24) is 15.4 Å². The molecule has 0 unspecified atom stereocenters. The summed E-state index contributed by atoms with van der Waals surface area (Å²) in [5, 5.41) is 29.4. The summed E-state index contributed by atoms with van der Waals surface area (Å²) in [6.45, 7) is 0. The highest BCUT2D eigenvalue weighted by molar-refractivity contribution is 5.96. The summed E-state index contributed by atoms with van der Waals surface area (Å²) in [6, 6.07) is 9.43. The molecule has 0 aliphatic rings. The zero-order valence-corrected chi connectivity index (χ0v) is 9.66. The molecular formula is C13H9N3O3. The Kier molecular flexibility index (Phi) is 2.42. The van der Waals surface area contributed by atoms with Crippen LogP contribution >= 0.6 is 0 Å². The fraction of sp³-hybridized carbons (Fsp3) is 0. The van der Waals surface area contributed by atoms with Crippen molar-refractivity contribution < 1.29 is 15.0 Å². The number of rotatable bonds is 2. The third-order valence-corrected chi connectivity index (χ3v) is 2.88. The molecule has 0 fully saturated rings. The number of phenolic OH excluding ortho intramolecular Hbond substituents is 1. The van der Waals surface area contributed by atoms with Gasteiger partial charge in [0.2, 0.25) is 0 Å². The number of fused-ring (bicyclic) bond motifs is 1. The Morgan fingerprint density at radius 3 is 2.74 bits per heavy atom. The van der Waals surface area contributed by atoms with Crippen LogP contribution in [0.1, 0.15) is 10.4 Å². The lowest BCUT2D eigenvalue weighted by Gasteiger charge is -2.06. The van der Waals surface area contributed by atoms with Gasteiger partial charge < -0.3 is 10.2 Å². The average Bonchev–Trinajstić information content (AvgIpc) is 2.87. The number of H-pyrrole nitrogens is 1. The van der Waals surface area contributed by atoms with Gasteiger partial charge in [0, 0.05) is 11.1 Å². The molecule has 0 aliphatic heterocycles. The lowest BCUT2D eigenvalue weighted by molar-refractivity contribution is 0.0697. The third-order valence-electron chi connectivity index (χ3n) is 2.88. The molecule has 6 heteroatoms. The van der Waals surface area contributed by atoms with Gasteiger partial charge in [-0.15, -0.1) is 0 Å². The number of aromatic hydroxyl groups is 1. The molecule has 0 saturated carbocycles. The van der Waals surface area contributed by atoms with Gasteiger partial charge in [0.1, 0.15) is 16.8 Å². The summed E-state index contributed by atoms with van der Waals surface area (Å²) in [5.74, 6) is -1.05. The first-order chi connectivity index (χ1) is 9.16. The number of phenols is 1. The molecule has 0 amide bonds. The molecule has 3 aromatic rings. The standard InChI is InChI=1S/C13H9N3O3/c17-11-5-4-7(13(18)19)6-9(11)8-2-1-3-10-12(8)15-16-14-10/h1-6,17H,(H,18,19)(H,14,15,16). The normalized spacial score (nSPS) is 10.7. The lowest BCUT2D eigenvalue weighted by Crippen LogP contribution is -1.96. The van der Waals surface area contributed by atoms with Crippen LogP contribution in [0.5, 0.6) is 5.75 Å². The Morgan fingerprint density at radius 1 is 1.11 bits per heavy atom. The van der Waals surface area contributed by atoms with Gasteiger partial charge in [0.25, 0.3) is 0 Å². The van der Waals surface area contributed by atoms with Crippen LogP contribution in [0.15, 0.2) is 36.4 Å². The molecular weight excluding hydrogens is 246 g/mol. The lowest BCUT2D eigenvalue weighted by atomic mass is 10.0. The summed E-state index contributed by atoms with van der Waals surface area (Å²) in [7, 11) is 0. The van der Waals surface area contributed by atoms with E-state index in [4.69, 9.17) is 5.11 Å². The number of aromatic amines is 1. The van der Waals surface area contributed by atoms with Gasteiger partial charge in [-0.3, -0.25) is 0 Å². The first kappa shape index (κ1) is 11.2. The van der Waals surface area contributed by atoms with Gasteiger partial charge >= 0.3 is 5.97 Å². The number of aromatic carboxylic acids is 1. The quantitative estimate of drug-likeness (QED) is 0.650. The number of nitrogens with zero attached hydrogens (tertiary/aromatic N) is 2. The van der Waals surface area contributed by atoms with E-state index in [-0.39, 0.29) is 11.3 Å². The van der Waals surface area contributed by atoms with Crippen molar-refractivity contribution in [2.45, 2.75) is 0 Å². The first-order valence-electron chi connectivity index (χ1n) is 5.53. The Hall–Kier alpha value is -2.89. The van der Waals surface area contributed by atoms with Crippen molar-refractivity contribution in [2.75, 3.05) is 0 Å². The Labute approximate surface area is 107 Å². The van der Waals surface area contributed by atoms with Gasteiger partial charge in [0.15, 0.2) is 0 Å². The summed E-state index contributed by atoms with van der Waals surface area (Å²) in [5.41, 5.74) is 2.39. The van der Waals surface area contributed by atoms with Gasteiger partial charge in [-0.05, 0) is 24.3 Å². The van der Waals surface area contributed by atoms with Gasteiger partial charge in [-0.1, -0.05) is 12.1 Å². The molecule has 1 aromatic heterocycles. The predicted molar refractivity (Wildman–Crippen MR) is 67.9 cm³/mol. The van der Waals surface area contributed by atoms with Crippen molar-refractivity contribution in [3.8, 4) is 16.9 Å². The Balaban J connectivity index is 2.29. The molecule has 6 nitrogen and oxygen atoms in total. The molecule has 0 bridgehead atoms. The van der Waals surface area contributed by atoms with E-state index in [1.807, 2.05) is 0 Å². The Bertz CT molecular complexity index is 780. The van der Waals surface area contributed by atoms with E-state index in [1.54, 1.807) is 18.2 Å². The number of aromatic nitrogens is 3. The maximum absolute atomic E-state index is 11.0. The highest BCUT2D eigenvalue weighted by Crippen LogP contribution is 2.33. The minimum absolute atomic E-state index is 0.000463. The van der Waals surface area contributed by atoms with Gasteiger partial charge in [-0.25, -0.2) is 4.79 Å². The van der Waals surface area contributed by atoms with Gasteiger partial charge in [0.05, 0.1) is 5.56 Å². The monoisotopic (exact) mass is 255 g/mol. The van der Waals surface area contributed by atoms with Crippen molar-refractivity contribution in [1.29, 1.82) is 0 Å². The molecule has 0 spiro atoms. The van der Waals surface area contributed by atoms with Gasteiger partial charge in [-0.2, -0.15) is 15.4 Å². The second kappa shape index (κ2) is 4.09. The SMILES string of the molecule is O=C(O)c1ccc(O)c(-c2cccc3n[nH]nc23)c1. The number of nitrogens with one attached hydrogen (secondary N) is 1. The van der Waals surface area contributed by atoms with Crippen molar-refractivity contribution in [3.63, 3.8) is 0 Å².